The summed E-state index contributed by atoms with van der Waals surface area (Å²) in [6.07, 6.45) is 0.594. The number of methoxy groups -OCH3 is 1. The van der Waals surface area contributed by atoms with Gasteiger partial charge < -0.3 is 15.0 Å². The molecule has 56 valence electrons. The van der Waals surface area contributed by atoms with Crippen LogP contribution >= 0.6 is 0 Å². The predicted octanol–water partition coefficient (Wildman–Crippen LogP) is -0.421. The molecule has 0 saturated carbocycles. The van der Waals surface area contributed by atoms with Crippen LogP contribution in [0.3, 0.4) is 0 Å². The van der Waals surface area contributed by atoms with Crippen molar-refractivity contribution in [2.24, 2.45) is 5.73 Å². The van der Waals surface area contributed by atoms with Crippen LogP contribution in [0, 0.1) is 0 Å². The van der Waals surface area contributed by atoms with E-state index in [2.05, 4.69) is 14.9 Å². The molecule has 10 heavy (non-hydrogen) atoms. The molecular formula is C5H9N3O2. The lowest BCUT2D eigenvalue weighted by atomic mass is 10.4. The molecule has 0 spiro atoms. The number of aromatic nitrogens is 2. The zero-order valence-corrected chi connectivity index (χ0v) is 5.70. The molecule has 0 aliphatic rings. The first-order valence-electron chi connectivity index (χ1n) is 2.93. The molecule has 0 fully saturated rings. The molecule has 5 heteroatoms. The summed E-state index contributed by atoms with van der Waals surface area (Å²) in [5, 5.41) is 3.49. The van der Waals surface area contributed by atoms with Gasteiger partial charge in [0.05, 0.1) is 7.11 Å². The van der Waals surface area contributed by atoms with Crippen LogP contribution < -0.4 is 10.5 Å². The molecule has 0 atom stereocenters. The van der Waals surface area contributed by atoms with Crippen LogP contribution in [-0.2, 0) is 6.42 Å². The van der Waals surface area contributed by atoms with Crippen LogP contribution in [0.4, 0.5) is 0 Å². The van der Waals surface area contributed by atoms with E-state index >= 15 is 0 Å². The van der Waals surface area contributed by atoms with E-state index in [0.29, 0.717) is 18.9 Å². The van der Waals surface area contributed by atoms with E-state index in [1.807, 2.05) is 0 Å². The highest BCUT2D eigenvalue weighted by molar-refractivity contribution is 4.90. The Bertz CT molecular complexity index is 199. The number of nitrogens with zero attached hydrogens (tertiary/aromatic N) is 2. The summed E-state index contributed by atoms with van der Waals surface area (Å²) in [7, 11) is 1.48. The Hall–Kier alpha value is -1.10. The van der Waals surface area contributed by atoms with Gasteiger partial charge in [-0.25, -0.2) is 0 Å². The van der Waals surface area contributed by atoms with Crippen LogP contribution in [0.5, 0.6) is 6.01 Å². The van der Waals surface area contributed by atoms with Crippen LogP contribution in [0.15, 0.2) is 4.52 Å². The molecule has 0 radical (unpaired) electrons. The normalized spacial score (nSPS) is 9.80. The molecule has 0 aromatic carbocycles. The highest BCUT2D eigenvalue weighted by atomic mass is 16.5. The van der Waals surface area contributed by atoms with Crippen molar-refractivity contribution in [3.05, 3.63) is 5.89 Å². The summed E-state index contributed by atoms with van der Waals surface area (Å²) in [4.78, 5) is 3.84. The minimum absolute atomic E-state index is 0.253. The van der Waals surface area contributed by atoms with Gasteiger partial charge in [0, 0.05) is 13.0 Å². The Morgan fingerprint density at radius 2 is 2.50 bits per heavy atom. The average Bonchev–Trinajstić information content (AvgIpc) is 2.37. The molecular weight excluding hydrogens is 134 g/mol. The van der Waals surface area contributed by atoms with Crippen LogP contribution in [0.1, 0.15) is 5.89 Å². The lowest BCUT2D eigenvalue weighted by molar-refractivity contribution is 0.326. The van der Waals surface area contributed by atoms with E-state index in [0.717, 1.165) is 0 Å². The van der Waals surface area contributed by atoms with Crippen molar-refractivity contribution in [3.8, 4) is 6.01 Å². The molecule has 0 aliphatic heterocycles. The Balaban J connectivity index is 2.59. The Kier molecular flexibility index (Phi) is 2.22. The number of nitrogens with two attached hydrogens (primary N) is 1. The molecule has 0 aliphatic carbocycles. The monoisotopic (exact) mass is 143 g/mol. The first-order valence-corrected chi connectivity index (χ1v) is 2.93. The highest BCUT2D eigenvalue weighted by Crippen LogP contribution is 2.02. The van der Waals surface area contributed by atoms with Gasteiger partial charge in [0.2, 0.25) is 5.89 Å². The topological polar surface area (TPSA) is 74.2 Å². The standard InChI is InChI=1S/C5H9N3O2/c1-9-5-7-4(2-3-6)10-8-5/h2-3,6H2,1H3. The summed E-state index contributed by atoms with van der Waals surface area (Å²) in [6.45, 7) is 0.505. The fourth-order valence-corrected chi connectivity index (χ4v) is 0.547. The summed E-state index contributed by atoms with van der Waals surface area (Å²) in [5.41, 5.74) is 5.24. The first kappa shape index (κ1) is 7.01. The molecule has 5 nitrogen and oxygen atoms in total. The second-order valence-corrected chi connectivity index (χ2v) is 1.71. The molecule has 0 saturated heterocycles. The maximum atomic E-state index is 5.24. The van der Waals surface area contributed by atoms with Gasteiger partial charge >= 0.3 is 6.01 Å². The first-order chi connectivity index (χ1) is 4.86. The second kappa shape index (κ2) is 3.17. The van der Waals surface area contributed by atoms with E-state index in [9.17, 15) is 0 Å². The molecule has 0 unspecified atom stereocenters. The maximum Gasteiger partial charge on any atom is 0.353 e. The molecule has 0 bridgehead atoms. The fraction of sp³-hybridized carbons (Fsp3) is 0.600. The number of ether oxygens (including phenoxy) is 1. The van der Waals surface area contributed by atoms with Gasteiger partial charge in [-0.05, 0) is 5.16 Å². The molecule has 1 aromatic heterocycles. The van der Waals surface area contributed by atoms with Crippen molar-refractivity contribution in [1.82, 2.24) is 10.1 Å². The van der Waals surface area contributed by atoms with Gasteiger partial charge in [-0.3, -0.25) is 0 Å². The van der Waals surface area contributed by atoms with Gasteiger partial charge in [0.25, 0.3) is 0 Å². The van der Waals surface area contributed by atoms with Crippen LogP contribution in [-0.4, -0.2) is 23.8 Å². The van der Waals surface area contributed by atoms with Crippen LogP contribution in [0.25, 0.3) is 0 Å². The smallest absolute Gasteiger partial charge is 0.353 e. The summed E-state index contributed by atoms with van der Waals surface area (Å²) < 4.78 is 9.41. The number of hydrogen-bond donors (Lipinski definition) is 1. The molecule has 2 N–H and O–H groups in total. The third-order valence-electron chi connectivity index (χ3n) is 0.990. The lowest BCUT2D eigenvalue weighted by Crippen LogP contribution is -2.02. The van der Waals surface area contributed by atoms with Crippen molar-refractivity contribution in [2.45, 2.75) is 6.42 Å². The van der Waals surface area contributed by atoms with Gasteiger partial charge in [-0.1, -0.05) is 0 Å². The van der Waals surface area contributed by atoms with Gasteiger partial charge in [0.1, 0.15) is 0 Å². The Labute approximate surface area is 58.2 Å². The summed E-state index contributed by atoms with van der Waals surface area (Å²) >= 11 is 0. The van der Waals surface area contributed by atoms with Crippen molar-refractivity contribution < 1.29 is 9.26 Å². The van der Waals surface area contributed by atoms with E-state index in [1.54, 1.807) is 0 Å². The van der Waals surface area contributed by atoms with E-state index < -0.39 is 0 Å². The van der Waals surface area contributed by atoms with Crippen LogP contribution in [0.2, 0.25) is 0 Å². The predicted molar refractivity (Wildman–Crippen MR) is 33.6 cm³/mol. The molecule has 1 heterocycles. The number of hydrogen-bond acceptors (Lipinski definition) is 5. The Morgan fingerprint density at radius 3 is 3.00 bits per heavy atom. The average molecular weight is 143 g/mol. The molecule has 1 rings (SSSR count). The third-order valence-corrected chi connectivity index (χ3v) is 0.990. The van der Waals surface area contributed by atoms with E-state index in [4.69, 9.17) is 10.3 Å². The van der Waals surface area contributed by atoms with Crippen molar-refractivity contribution >= 4 is 0 Å². The molecule has 0 amide bonds. The van der Waals surface area contributed by atoms with Crippen molar-refractivity contribution in [2.75, 3.05) is 13.7 Å². The number of rotatable bonds is 3. The van der Waals surface area contributed by atoms with E-state index in [1.165, 1.54) is 7.11 Å². The maximum absolute atomic E-state index is 5.24. The third kappa shape index (κ3) is 1.44. The largest absolute Gasteiger partial charge is 0.465 e. The quantitative estimate of drug-likeness (QED) is 0.622. The van der Waals surface area contributed by atoms with E-state index in [-0.39, 0.29) is 6.01 Å². The van der Waals surface area contributed by atoms with Gasteiger partial charge in [-0.15, -0.1) is 0 Å². The second-order valence-electron chi connectivity index (χ2n) is 1.71. The van der Waals surface area contributed by atoms with Crippen molar-refractivity contribution in [3.63, 3.8) is 0 Å². The minimum Gasteiger partial charge on any atom is -0.465 e. The lowest BCUT2D eigenvalue weighted by Gasteiger charge is -1.84. The summed E-state index contributed by atoms with van der Waals surface area (Å²) in [6, 6.07) is 0.253. The minimum atomic E-state index is 0.253. The zero-order valence-electron chi connectivity index (χ0n) is 5.70. The fourth-order valence-electron chi connectivity index (χ4n) is 0.547. The van der Waals surface area contributed by atoms with Crippen molar-refractivity contribution in [1.29, 1.82) is 0 Å². The SMILES string of the molecule is COc1noc(CCN)n1. The van der Waals surface area contributed by atoms with Gasteiger partial charge in [0.15, 0.2) is 0 Å². The Morgan fingerprint density at radius 1 is 1.70 bits per heavy atom. The zero-order chi connectivity index (χ0) is 7.40. The highest BCUT2D eigenvalue weighted by Gasteiger charge is 2.02. The van der Waals surface area contributed by atoms with Gasteiger partial charge in [-0.2, -0.15) is 4.98 Å². The summed E-state index contributed by atoms with van der Waals surface area (Å²) in [5.74, 6) is 0.513. The molecule has 1 aromatic rings.